The molecule has 0 saturated carbocycles. The Bertz CT molecular complexity index is 1770. The maximum Gasteiger partial charge on any atom is 0.472 e. The summed E-state index contributed by atoms with van der Waals surface area (Å²) in [5, 5.41) is 0. The van der Waals surface area contributed by atoms with E-state index >= 15 is 0 Å². The fraction of sp³-hybridized carbons (Fsp3) is 0.699. The first-order valence-electron chi connectivity index (χ1n) is 34.0. The van der Waals surface area contributed by atoms with Gasteiger partial charge in [0.15, 0.2) is 6.10 Å². The third-order valence-electron chi connectivity index (χ3n) is 14.3. The summed E-state index contributed by atoms with van der Waals surface area (Å²) in [4.78, 5) is 35.3. The van der Waals surface area contributed by atoms with Crippen LogP contribution in [0, 0.1) is 0 Å². The number of ether oxygens (including phenoxy) is 2. The maximum atomic E-state index is 12.8. The number of carbonyl (C=O) groups excluding carboxylic acids is 2. The van der Waals surface area contributed by atoms with Crippen molar-refractivity contribution >= 4 is 19.8 Å². The Labute approximate surface area is 511 Å². The Morgan fingerprint density at radius 3 is 0.928 bits per heavy atom. The van der Waals surface area contributed by atoms with E-state index in [9.17, 15) is 19.0 Å². The van der Waals surface area contributed by atoms with Crippen molar-refractivity contribution < 1.29 is 37.6 Å². The number of phosphoric ester groups is 1. The van der Waals surface area contributed by atoms with Crippen LogP contribution in [0.5, 0.6) is 0 Å². The molecule has 476 valence electrons. The van der Waals surface area contributed by atoms with Gasteiger partial charge in [0.1, 0.15) is 6.61 Å². The lowest BCUT2D eigenvalue weighted by Crippen LogP contribution is -2.29. The molecule has 0 aliphatic rings. The fourth-order valence-electron chi connectivity index (χ4n) is 9.40. The quantitative estimate of drug-likeness (QED) is 0.0264. The lowest BCUT2D eigenvalue weighted by molar-refractivity contribution is -0.161. The Morgan fingerprint density at radius 1 is 0.361 bits per heavy atom. The van der Waals surface area contributed by atoms with Crippen LogP contribution in [0.2, 0.25) is 0 Å². The molecule has 0 amide bonds. The van der Waals surface area contributed by atoms with Crippen molar-refractivity contribution in [1.82, 2.24) is 0 Å². The highest BCUT2D eigenvalue weighted by molar-refractivity contribution is 7.47. The molecule has 0 aromatic heterocycles. The molecule has 0 bridgehead atoms. The predicted octanol–water partition coefficient (Wildman–Crippen LogP) is 22.3. The standard InChI is InChI=1S/C73H126NO8P/c1-3-5-7-9-11-13-15-17-19-21-23-25-26-27-28-29-30-31-32-33-34-35-36-37-38-39-40-41-42-43-44-46-48-50-52-54-56-58-60-62-64-66-73(76)82-71(70-81-83(77,78)80-68-67-74)69-79-72(75)65-63-61-59-57-55-53-51-49-47-45-24-22-20-18-16-14-12-10-8-6-4-2/h5-8,11-14,17-20,23-25,27-28,30-31,45,71H,3-4,9-10,15-16,21-22,26,29,32-44,46-70,74H2,1-2H3,(H,77,78)/b7-5-,8-6-,13-11-,14-12-,19-17-,20-18-,25-23-,28-27-,31-30-,45-24-. The molecular formula is C73H126NO8P. The van der Waals surface area contributed by atoms with Gasteiger partial charge in [-0.25, -0.2) is 4.57 Å². The molecule has 0 fully saturated rings. The lowest BCUT2D eigenvalue weighted by atomic mass is 10.0. The highest BCUT2D eigenvalue weighted by Crippen LogP contribution is 2.43. The van der Waals surface area contributed by atoms with Crippen molar-refractivity contribution in [3.05, 3.63) is 122 Å². The van der Waals surface area contributed by atoms with Gasteiger partial charge in [-0.2, -0.15) is 0 Å². The summed E-state index contributed by atoms with van der Waals surface area (Å²) >= 11 is 0. The first-order valence-corrected chi connectivity index (χ1v) is 35.5. The Balaban J connectivity index is 3.83. The average Bonchev–Trinajstić information content (AvgIpc) is 3.49. The summed E-state index contributed by atoms with van der Waals surface area (Å²) in [6, 6.07) is 0. The molecule has 2 unspecified atom stereocenters. The molecule has 0 aromatic rings. The number of allylic oxidation sites excluding steroid dienone is 20. The average molecular weight is 1180 g/mol. The smallest absolute Gasteiger partial charge is 0.462 e. The maximum absolute atomic E-state index is 12.8. The molecule has 2 atom stereocenters. The number of phosphoric acid groups is 1. The van der Waals surface area contributed by atoms with Crippen LogP contribution in [0.3, 0.4) is 0 Å². The molecule has 0 saturated heterocycles. The molecule has 0 spiro atoms. The van der Waals surface area contributed by atoms with Gasteiger partial charge in [-0.05, 0) is 103 Å². The number of unbranched alkanes of at least 4 members (excludes halogenated alkanes) is 30. The van der Waals surface area contributed by atoms with E-state index in [2.05, 4.69) is 135 Å². The van der Waals surface area contributed by atoms with Gasteiger partial charge in [0.2, 0.25) is 0 Å². The monoisotopic (exact) mass is 1180 g/mol. The van der Waals surface area contributed by atoms with Gasteiger partial charge in [0.05, 0.1) is 13.2 Å². The molecule has 0 radical (unpaired) electrons. The minimum absolute atomic E-state index is 0.0490. The molecule has 0 heterocycles. The number of esters is 2. The van der Waals surface area contributed by atoms with Crippen molar-refractivity contribution in [3.8, 4) is 0 Å². The van der Waals surface area contributed by atoms with Crippen LogP contribution in [0.4, 0.5) is 0 Å². The van der Waals surface area contributed by atoms with Crippen molar-refractivity contribution in [2.24, 2.45) is 5.73 Å². The van der Waals surface area contributed by atoms with E-state index in [1.807, 2.05) is 0 Å². The molecule has 83 heavy (non-hydrogen) atoms. The first-order chi connectivity index (χ1) is 40.8. The summed E-state index contributed by atoms with van der Waals surface area (Å²) in [5.41, 5.74) is 5.39. The number of carbonyl (C=O) groups is 2. The van der Waals surface area contributed by atoms with E-state index in [1.54, 1.807) is 0 Å². The second-order valence-corrected chi connectivity index (χ2v) is 23.7. The van der Waals surface area contributed by atoms with Crippen LogP contribution in [0.25, 0.3) is 0 Å². The van der Waals surface area contributed by atoms with Gasteiger partial charge >= 0.3 is 19.8 Å². The zero-order chi connectivity index (χ0) is 60.1. The summed E-state index contributed by atoms with van der Waals surface area (Å²) in [6.07, 6.45) is 94.4. The lowest BCUT2D eigenvalue weighted by Gasteiger charge is -2.19. The molecule has 0 rings (SSSR count). The summed E-state index contributed by atoms with van der Waals surface area (Å²) in [7, 11) is -4.40. The van der Waals surface area contributed by atoms with Gasteiger partial charge in [0, 0.05) is 19.4 Å². The number of rotatable bonds is 63. The Morgan fingerprint density at radius 2 is 0.627 bits per heavy atom. The minimum atomic E-state index is -4.40. The van der Waals surface area contributed by atoms with Crippen LogP contribution < -0.4 is 5.73 Å². The molecule has 10 heteroatoms. The van der Waals surface area contributed by atoms with Crippen molar-refractivity contribution in [3.63, 3.8) is 0 Å². The number of hydrogen-bond acceptors (Lipinski definition) is 8. The molecule has 9 nitrogen and oxygen atoms in total. The number of hydrogen-bond donors (Lipinski definition) is 2. The zero-order valence-electron chi connectivity index (χ0n) is 53.4. The van der Waals surface area contributed by atoms with Crippen LogP contribution in [-0.2, 0) is 32.7 Å². The third-order valence-corrected chi connectivity index (χ3v) is 15.3. The normalized spacial score (nSPS) is 13.7. The van der Waals surface area contributed by atoms with Gasteiger partial charge in [-0.3, -0.25) is 18.6 Å². The van der Waals surface area contributed by atoms with Crippen molar-refractivity contribution in [2.45, 2.75) is 302 Å². The van der Waals surface area contributed by atoms with Crippen LogP contribution >= 0.6 is 7.82 Å². The molecule has 0 aromatic carbocycles. The topological polar surface area (TPSA) is 134 Å². The Hall–Kier alpha value is -3.59. The molecule has 0 aliphatic heterocycles. The SMILES string of the molecule is CC/C=C\C/C=C\C/C=C\C/C=C\C/C=C\C/C=C\CCCCCCCCCCCCCCCCCCCCCCCCC(=O)OC(COC(=O)CCCCCCCCCC/C=C\C/C=C\C/C=C\C/C=C\CC)COP(=O)(O)OCCN. The van der Waals surface area contributed by atoms with E-state index < -0.39 is 26.5 Å². The summed E-state index contributed by atoms with van der Waals surface area (Å²) in [5.74, 6) is -0.832. The van der Waals surface area contributed by atoms with Crippen LogP contribution in [0.1, 0.15) is 296 Å². The van der Waals surface area contributed by atoms with E-state index in [0.717, 1.165) is 116 Å². The van der Waals surface area contributed by atoms with Crippen LogP contribution in [-0.4, -0.2) is 49.3 Å². The summed E-state index contributed by atoms with van der Waals surface area (Å²) in [6.45, 7) is 3.53. The zero-order valence-corrected chi connectivity index (χ0v) is 54.3. The highest BCUT2D eigenvalue weighted by atomic mass is 31.2. The van der Waals surface area contributed by atoms with E-state index in [-0.39, 0.29) is 38.6 Å². The van der Waals surface area contributed by atoms with Gasteiger partial charge in [-0.1, -0.05) is 302 Å². The van der Waals surface area contributed by atoms with Crippen molar-refractivity contribution in [1.29, 1.82) is 0 Å². The van der Waals surface area contributed by atoms with E-state index in [4.69, 9.17) is 24.3 Å². The van der Waals surface area contributed by atoms with Crippen LogP contribution in [0.15, 0.2) is 122 Å². The largest absolute Gasteiger partial charge is 0.472 e. The summed E-state index contributed by atoms with van der Waals surface area (Å²) < 4.78 is 33.1. The van der Waals surface area contributed by atoms with Crippen molar-refractivity contribution in [2.75, 3.05) is 26.4 Å². The third kappa shape index (κ3) is 67.4. The number of nitrogens with two attached hydrogens (primary N) is 1. The highest BCUT2D eigenvalue weighted by Gasteiger charge is 2.26. The fourth-order valence-corrected chi connectivity index (χ4v) is 10.2. The van der Waals surface area contributed by atoms with Gasteiger partial charge < -0.3 is 20.1 Å². The molecule has 3 N–H and O–H groups in total. The van der Waals surface area contributed by atoms with Gasteiger partial charge in [0.25, 0.3) is 0 Å². The molecular weight excluding hydrogens is 1050 g/mol. The predicted molar refractivity (Wildman–Crippen MR) is 358 cm³/mol. The molecule has 0 aliphatic carbocycles. The Kier molecular flexibility index (Phi) is 64.6. The van der Waals surface area contributed by atoms with E-state index in [0.29, 0.717) is 6.42 Å². The van der Waals surface area contributed by atoms with E-state index in [1.165, 1.54) is 148 Å². The van der Waals surface area contributed by atoms with Gasteiger partial charge in [-0.15, -0.1) is 0 Å². The minimum Gasteiger partial charge on any atom is -0.462 e. The second kappa shape index (κ2) is 67.5. The second-order valence-electron chi connectivity index (χ2n) is 22.3. The first kappa shape index (κ1) is 79.4.